The molecule has 154 valence electrons. The summed E-state index contributed by atoms with van der Waals surface area (Å²) >= 11 is 0. The first-order chi connectivity index (χ1) is 13.9. The summed E-state index contributed by atoms with van der Waals surface area (Å²) in [7, 11) is -1.44. The maximum Gasteiger partial charge on any atom is 0.272 e. The Morgan fingerprint density at radius 3 is 2.28 bits per heavy atom. The van der Waals surface area contributed by atoms with Crippen LogP contribution in [0.3, 0.4) is 0 Å². The van der Waals surface area contributed by atoms with Crippen molar-refractivity contribution < 1.29 is 22.7 Å². The molecule has 0 bridgehead atoms. The van der Waals surface area contributed by atoms with Crippen LogP contribution in [-0.2, 0) is 10.9 Å². The van der Waals surface area contributed by atoms with Crippen molar-refractivity contribution in [3.8, 4) is 5.75 Å². The molecule has 2 amide bonds. The molecule has 3 rings (SSSR count). The van der Waals surface area contributed by atoms with Crippen molar-refractivity contribution in [2.45, 2.75) is 6.92 Å². The highest BCUT2D eigenvalue weighted by molar-refractivity contribution is 7.73. The quantitative estimate of drug-likeness (QED) is 0.700. The number of thiol groups is 1. The van der Waals surface area contributed by atoms with E-state index >= 15 is 0 Å². The zero-order valence-electron chi connectivity index (χ0n) is 16.1. The first-order valence-corrected chi connectivity index (χ1v) is 10.2. The summed E-state index contributed by atoms with van der Waals surface area (Å²) in [6.07, 6.45) is 0. The molecule has 0 radical (unpaired) electrons. The van der Waals surface area contributed by atoms with Gasteiger partial charge in [-0.05, 0) is 37.3 Å². The summed E-state index contributed by atoms with van der Waals surface area (Å²) in [5.41, 5.74) is 1.82. The summed E-state index contributed by atoms with van der Waals surface area (Å²) < 4.78 is 29.2. The van der Waals surface area contributed by atoms with Gasteiger partial charge in [-0.2, -0.15) is 0 Å². The molecule has 2 heterocycles. The van der Waals surface area contributed by atoms with Crippen molar-refractivity contribution in [1.29, 1.82) is 0 Å². The van der Waals surface area contributed by atoms with Gasteiger partial charge >= 0.3 is 0 Å². The number of aryl methyl sites for hydroxylation is 1. The number of pyridine rings is 1. The zero-order chi connectivity index (χ0) is 21.0. The highest BCUT2D eigenvalue weighted by atomic mass is 32.2. The Morgan fingerprint density at radius 2 is 1.69 bits per heavy atom. The smallest absolute Gasteiger partial charge is 0.272 e. The Labute approximate surface area is 170 Å². The van der Waals surface area contributed by atoms with Gasteiger partial charge < -0.3 is 14.5 Å². The molecule has 29 heavy (non-hydrogen) atoms. The number of carbonyl (C=O) groups excluding carboxylic acids is 2. The van der Waals surface area contributed by atoms with Crippen LogP contribution in [0.25, 0.3) is 0 Å². The maximum absolute atomic E-state index is 12.8. The molecule has 1 aromatic carbocycles. The number of benzene rings is 1. The fraction of sp³-hybridized carbons (Fsp3) is 0.316. The van der Waals surface area contributed by atoms with Gasteiger partial charge in [-0.1, -0.05) is 6.07 Å². The Hall–Kier alpha value is -3.14. The van der Waals surface area contributed by atoms with Crippen LogP contribution in [-0.4, -0.2) is 68.3 Å². The topological polar surface area (TPSA) is 109 Å². The standard InChI is InChI=1S/C19H22N4O5S/c1-13-4-3-5-16(20-13)19(25)23-10-8-22(9-11-23)18(24)14-6-7-15(21-29(26)27)17(12-14)28-2/h3-7,12,29H,8-11H2,1-2H3,(H,21,26,27). The van der Waals surface area contributed by atoms with Crippen molar-refractivity contribution >= 4 is 28.4 Å². The summed E-state index contributed by atoms with van der Waals surface area (Å²) in [5.74, 6) is -0.0962. The Balaban J connectivity index is 1.66. The molecular weight excluding hydrogens is 396 g/mol. The van der Waals surface area contributed by atoms with E-state index in [1.807, 2.05) is 13.0 Å². The molecule has 0 aliphatic carbocycles. The van der Waals surface area contributed by atoms with Crippen LogP contribution in [0.15, 0.2) is 36.4 Å². The summed E-state index contributed by atoms with van der Waals surface area (Å²) in [5, 5.41) is 0. The van der Waals surface area contributed by atoms with Gasteiger partial charge in [-0.15, -0.1) is 0 Å². The number of ether oxygens (including phenoxy) is 1. The minimum atomic E-state index is -2.84. The van der Waals surface area contributed by atoms with Crippen molar-refractivity contribution in [3.63, 3.8) is 0 Å². The van der Waals surface area contributed by atoms with E-state index in [9.17, 15) is 18.0 Å². The molecule has 1 aliphatic rings. The van der Waals surface area contributed by atoms with Gasteiger partial charge in [-0.25, -0.2) is 13.4 Å². The number of hydrogen-bond donors (Lipinski definition) is 2. The van der Waals surface area contributed by atoms with E-state index in [1.165, 1.54) is 19.2 Å². The molecule has 0 atom stereocenters. The van der Waals surface area contributed by atoms with Crippen LogP contribution in [0.4, 0.5) is 5.69 Å². The average Bonchev–Trinajstić information content (AvgIpc) is 2.72. The van der Waals surface area contributed by atoms with Gasteiger partial charge in [0, 0.05) is 37.4 Å². The number of methoxy groups -OCH3 is 1. The number of anilines is 1. The van der Waals surface area contributed by atoms with E-state index in [0.717, 1.165) is 5.69 Å². The highest BCUT2D eigenvalue weighted by Crippen LogP contribution is 2.26. The second kappa shape index (κ2) is 8.91. The normalized spacial score (nSPS) is 14.0. The first-order valence-electron chi connectivity index (χ1n) is 9.00. The lowest BCUT2D eigenvalue weighted by atomic mass is 10.1. The van der Waals surface area contributed by atoms with E-state index in [1.54, 1.807) is 28.0 Å². The largest absolute Gasteiger partial charge is 0.495 e. The summed E-state index contributed by atoms with van der Waals surface area (Å²) in [6.45, 7) is 3.44. The van der Waals surface area contributed by atoms with Crippen molar-refractivity contribution in [2.24, 2.45) is 0 Å². The third-order valence-electron chi connectivity index (χ3n) is 4.62. The second-order valence-corrected chi connectivity index (χ2v) is 7.27. The minimum absolute atomic E-state index is 0.148. The minimum Gasteiger partial charge on any atom is -0.495 e. The number of rotatable bonds is 5. The first kappa shape index (κ1) is 20.6. The molecule has 2 aromatic rings. The number of carbonyl (C=O) groups is 2. The van der Waals surface area contributed by atoms with Gasteiger partial charge in [0.15, 0.2) is 0 Å². The van der Waals surface area contributed by atoms with Crippen molar-refractivity contribution in [2.75, 3.05) is 38.0 Å². The van der Waals surface area contributed by atoms with Crippen LogP contribution in [0.5, 0.6) is 5.75 Å². The van der Waals surface area contributed by atoms with Crippen LogP contribution in [0.1, 0.15) is 26.5 Å². The molecule has 10 heteroatoms. The fourth-order valence-electron chi connectivity index (χ4n) is 3.13. The van der Waals surface area contributed by atoms with E-state index in [0.29, 0.717) is 37.4 Å². The Kier molecular flexibility index (Phi) is 6.32. The van der Waals surface area contributed by atoms with Crippen LogP contribution in [0.2, 0.25) is 0 Å². The van der Waals surface area contributed by atoms with E-state index in [-0.39, 0.29) is 23.3 Å². The number of nitrogens with one attached hydrogen (secondary N) is 1. The predicted molar refractivity (Wildman–Crippen MR) is 108 cm³/mol. The number of piperazine rings is 1. The zero-order valence-corrected chi connectivity index (χ0v) is 17.0. The van der Waals surface area contributed by atoms with Gasteiger partial charge in [0.25, 0.3) is 11.8 Å². The number of nitrogens with zero attached hydrogens (tertiary/aromatic N) is 3. The fourth-order valence-corrected chi connectivity index (χ4v) is 3.52. The van der Waals surface area contributed by atoms with Crippen LogP contribution >= 0.6 is 0 Å². The van der Waals surface area contributed by atoms with E-state index in [2.05, 4.69) is 9.71 Å². The van der Waals surface area contributed by atoms with E-state index < -0.39 is 10.9 Å². The second-order valence-electron chi connectivity index (χ2n) is 6.53. The molecule has 0 unspecified atom stereocenters. The van der Waals surface area contributed by atoms with Crippen LogP contribution < -0.4 is 9.46 Å². The molecule has 1 fully saturated rings. The lowest BCUT2D eigenvalue weighted by molar-refractivity contribution is 0.0532. The number of hydrogen-bond acceptors (Lipinski definition) is 6. The van der Waals surface area contributed by atoms with Gasteiger partial charge in [0.05, 0.1) is 12.8 Å². The monoisotopic (exact) mass is 418 g/mol. The molecule has 1 aliphatic heterocycles. The maximum atomic E-state index is 12.8. The molecule has 0 spiro atoms. The number of aromatic nitrogens is 1. The summed E-state index contributed by atoms with van der Waals surface area (Å²) in [4.78, 5) is 33.0. The molecule has 1 N–H and O–H groups in total. The van der Waals surface area contributed by atoms with Crippen molar-refractivity contribution in [3.05, 3.63) is 53.3 Å². The van der Waals surface area contributed by atoms with Gasteiger partial charge in [-0.3, -0.25) is 14.3 Å². The van der Waals surface area contributed by atoms with Crippen LogP contribution in [0, 0.1) is 6.92 Å². The SMILES string of the molecule is COc1cc(C(=O)N2CCN(C(=O)c3cccc(C)n3)CC2)ccc1N[SH](=O)=O. The highest BCUT2D eigenvalue weighted by Gasteiger charge is 2.26. The van der Waals surface area contributed by atoms with E-state index in [4.69, 9.17) is 4.74 Å². The summed E-state index contributed by atoms with van der Waals surface area (Å²) in [6, 6.07) is 9.84. The molecule has 1 saturated heterocycles. The van der Waals surface area contributed by atoms with Crippen molar-refractivity contribution in [1.82, 2.24) is 14.8 Å². The average molecular weight is 418 g/mol. The lowest BCUT2D eigenvalue weighted by Gasteiger charge is -2.34. The predicted octanol–water partition coefficient (Wildman–Crippen LogP) is 0.935. The Bertz CT molecular complexity index is 992. The number of amides is 2. The molecule has 1 aromatic heterocycles. The Morgan fingerprint density at radius 1 is 1.03 bits per heavy atom. The van der Waals surface area contributed by atoms with Gasteiger partial charge in [0.1, 0.15) is 11.4 Å². The lowest BCUT2D eigenvalue weighted by Crippen LogP contribution is -2.50. The molecule has 0 saturated carbocycles. The van der Waals surface area contributed by atoms with Gasteiger partial charge in [0.2, 0.25) is 10.9 Å². The molecule has 9 nitrogen and oxygen atoms in total. The molecular formula is C19H22N4O5S. The third kappa shape index (κ3) is 4.83. The third-order valence-corrected chi connectivity index (χ3v) is 5.05.